The van der Waals surface area contributed by atoms with E-state index in [4.69, 9.17) is 11.6 Å². The average molecular weight is 487 g/mol. The Labute approximate surface area is 194 Å². The lowest BCUT2D eigenvalue weighted by molar-refractivity contribution is -0.255. The SMILES string of the molecule is O=C(NCCc1cccc(S(=O)(=O)NC(=O)c2ccc(C(=O)[O-])nc2)c1)c1ccc(Cl)cc1. The summed E-state index contributed by atoms with van der Waals surface area (Å²) in [4.78, 5) is 38.5. The standard InChI is InChI=1S/C22H18ClN3O6S/c23-17-7-4-15(5-8-17)20(27)24-11-10-14-2-1-3-18(12-14)33(31,32)26-21(28)16-6-9-19(22(29)30)25-13-16/h1-9,12-13H,10-11H2,(H,24,27)(H,26,28)(H,29,30)/p-1. The summed E-state index contributed by atoms with van der Waals surface area (Å²) in [6.07, 6.45) is 1.29. The van der Waals surface area contributed by atoms with Crippen LogP contribution in [0.5, 0.6) is 0 Å². The van der Waals surface area contributed by atoms with Crippen LogP contribution in [-0.2, 0) is 16.4 Å². The minimum atomic E-state index is -4.20. The van der Waals surface area contributed by atoms with Crippen LogP contribution in [0.2, 0.25) is 5.02 Å². The van der Waals surface area contributed by atoms with Gasteiger partial charge in [0.1, 0.15) is 0 Å². The van der Waals surface area contributed by atoms with Gasteiger partial charge in [0.15, 0.2) is 0 Å². The zero-order valence-corrected chi connectivity index (χ0v) is 18.5. The fourth-order valence-electron chi connectivity index (χ4n) is 2.78. The minimum Gasteiger partial charge on any atom is -0.543 e. The van der Waals surface area contributed by atoms with Crippen molar-refractivity contribution in [3.8, 4) is 0 Å². The molecule has 33 heavy (non-hydrogen) atoms. The number of aromatic nitrogens is 1. The lowest BCUT2D eigenvalue weighted by atomic mass is 10.1. The number of carboxylic acid groups (broad SMARTS) is 1. The Balaban J connectivity index is 1.62. The van der Waals surface area contributed by atoms with Gasteiger partial charge in [-0.15, -0.1) is 0 Å². The second-order valence-electron chi connectivity index (χ2n) is 6.81. The summed E-state index contributed by atoms with van der Waals surface area (Å²) in [5.74, 6) is -2.77. The molecule has 2 amide bonds. The Bertz CT molecular complexity index is 1290. The Hall–Kier alpha value is -3.76. The lowest BCUT2D eigenvalue weighted by Gasteiger charge is -2.10. The van der Waals surface area contributed by atoms with E-state index in [0.29, 0.717) is 22.6 Å². The predicted molar refractivity (Wildman–Crippen MR) is 117 cm³/mol. The number of nitrogens with zero attached hydrogens (tertiary/aromatic N) is 1. The molecule has 0 aliphatic rings. The molecule has 3 aromatic rings. The molecule has 170 valence electrons. The number of pyridine rings is 1. The normalized spacial score (nSPS) is 10.9. The summed E-state index contributed by atoms with van der Waals surface area (Å²) in [5, 5.41) is 14.0. The van der Waals surface area contributed by atoms with E-state index in [0.717, 1.165) is 18.3 Å². The smallest absolute Gasteiger partial charge is 0.266 e. The van der Waals surface area contributed by atoms with Crippen LogP contribution in [-0.4, -0.2) is 37.7 Å². The number of amides is 2. The van der Waals surface area contributed by atoms with Gasteiger partial charge in [0.25, 0.3) is 21.8 Å². The molecule has 9 nitrogen and oxygen atoms in total. The van der Waals surface area contributed by atoms with Crippen LogP contribution in [0.25, 0.3) is 0 Å². The predicted octanol–water partition coefficient (Wildman–Crippen LogP) is 1.19. The van der Waals surface area contributed by atoms with Gasteiger partial charge in [0.05, 0.1) is 22.1 Å². The Morgan fingerprint density at radius 2 is 1.64 bits per heavy atom. The first-order valence-corrected chi connectivity index (χ1v) is 11.4. The van der Waals surface area contributed by atoms with Crippen LogP contribution in [0.3, 0.4) is 0 Å². The van der Waals surface area contributed by atoms with Crippen molar-refractivity contribution in [3.63, 3.8) is 0 Å². The van der Waals surface area contributed by atoms with Crippen molar-refractivity contribution in [2.45, 2.75) is 11.3 Å². The first-order valence-electron chi connectivity index (χ1n) is 9.53. The first kappa shape index (κ1) is 23.9. The van der Waals surface area contributed by atoms with Gasteiger partial charge in [-0.2, -0.15) is 0 Å². The quantitative estimate of drug-likeness (QED) is 0.486. The maximum Gasteiger partial charge on any atom is 0.266 e. The number of sulfonamides is 1. The molecular formula is C22H17ClN3O6S-. The molecule has 0 aliphatic carbocycles. The summed E-state index contributed by atoms with van der Waals surface area (Å²) in [6.45, 7) is 0.258. The molecule has 0 fully saturated rings. The topological polar surface area (TPSA) is 145 Å². The summed E-state index contributed by atoms with van der Waals surface area (Å²) in [5.41, 5.74) is 0.553. The number of nitrogens with one attached hydrogen (secondary N) is 2. The van der Waals surface area contributed by atoms with E-state index in [9.17, 15) is 27.9 Å². The molecule has 0 bridgehead atoms. The third-order valence-corrected chi connectivity index (χ3v) is 6.06. The Kier molecular flexibility index (Phi) is 7.41. The Morgan fingerprint density at radius 1 is 0.939 bits per heavy atom. The van der Waals surface area contributed by atoms with Crippen LogP contribution < -0.4 is 15.1 Å². The van der Waals surface area contributed by atoms with Gasteiger partial charge in [0.2, 0.25) is 0 Å². The van der Waals surface area contributed by atoms with Crippen LogP contribution in [0.1, 0.15) is 36.8 Å². The number of aromatic carboxylic acids is 1. The van der Waals surface area contributed by atoms with E-state index in [1.807, 2.05) is 4.72 Å². The van der Waals surface area contributed by atoms with Crippen molar-refractivity contribution in [1.29, 1.82) is 0 Å². The zero-order chi connectivity index (χ0) is 24.0. The van der Waals surface area contributed by atoms with Crippen LogP contribution in [0.15, 0.2) is 71.8 Å². The highest BCUT2D eigenvalue weighted by Crippen LogP contribution is 2.13. The summed E-state index contributed by atoms with van der Waals surface area (Å²) >= 11 is 5.80. The van der Waals surface area contributed by atoms with Gasteiger partial charge in [-0.1, -0.05) is 23.7 Å². The molecule has 1 aromatic heterocycles. The van der Waals surface area contributed by atoms with E-state index in [2.05, 4.69) is 10.3 Å². The number of carbonyl (C=O) groups excluding carboxylic acids is 3. The van der Waals surface area contributed by atoms with Crippen molar-refractivity contribution in [3.05, 3.63) is 94.3 Å². The highest BCUT2D eigenvalue weighted by molar-refractivity contribution is 7.90. The van der Waals surface area contributed by atoms with Crippen LogP contribution >= 0.6 is 11.6 Å². The zero-order valence-electron chi connectivity index (χ0n) is 16.9. The maximum atomic E-state index is 12.6. The molecular weight excluding hydrogens is 470 g/mol. The molecule has 0 saturated carbocycles. The van der Waals surface area contributed by atoms with Gasteiger partial charge in [0, 0.05) is 23.3 Å². The maximum absolute atomic E-state index is 12.6. The number of carbonyl (C=O) groups is 3. The summed E-state index contributed by atoms with van der Waals surface area (Å²) < 4.78 is 27.1. The molecule has 0 radical (unpaired) electrons. The number of rotatable bonds is 8. The third-order valence-electron chi connectivity index (χ3n) is 4.48. The number of hydrogen-bond donors (Lipinski definition) is 2. The second kappa shape index (κ2) is 10.2. The molecule has 2 aromatic carbocycles. The van der Waals surface area contributed by atoms with Gasteiger partial charge in [-0.3, -0.25) is 14.6 Å². The van der Waals surface area contributed by atoms with Gasteiger partial charge >= 0.3 is 0 Å². The monoisotopic (exact) mass is 486 g/mol. The van der Waals surface area contributed by atoms with Crippen molar-refractivity contribution in [1.82, 2.24) is 15.0 Å². The average Bonchev–Trinajstić information content (AvgIpc) is 2.79. The van der Waals surface area contributed by atoms with E-state index >= 15 is 0 Å². The lowest BCUT2D eigenvalue weighted by Crippen LogP contribution is -2.31. The molecule has 0 unspecified atom stereocenters. The molecule has 0 spiro atoms. The largest absolute Gasteiger partial charge is 0.543 e. The molecule has 1 heterocycles. The first-order chi connectivity index (χ1) is 15.7. The van der Waals surface area contributed by atoms with Gasteiger partial charge in [-0.25, -0.2) is 13.1 Å². The summed E-state index contributed by atoms with van der Waals surface area (Å²) in [6, 6.07) is 14.5. The van der Waals surface area contributed by atoms with Gasteiger partial charge < -0.3 is 15.2 Å². The second-order valence-corrected chi connectivity index (χ2v) is 8.93. The van der Waals surface area contributed by atoms with Gasteiger partial charge in [-0.05, 0) is 60.5 Å². The van der Waals surface area contributed by atoms with Crippen molar-refractivity contribution in [2.24, 2.45) is 0 Å². The van der Waals surface area contributed by atoms with Crippen molar-refractivity contribution in [2.75, 3.05) is 6.54 Å². The van der Waals surface area contributed by atoms with E-state index < -0.39 is 21.9 Å². The van der Waals surface area contributed by atoms with Crippen molar-refractivity contribution >= 4 is 39.4 Å². The fourth-order valence-corrected chi connectivity index (χ4v) is 3.95. The molecule has 3 rings (SSSR count). The van der Waals surface area contributed by atoms with E-state index in [1.54, 1.807) is 30.3 Å². The van der Waals surface area contributed by atoms with Crippen LogP contribution in [0.4, 0.5) is 0 Å². The molecule has 0 atom stereocenters. The molecule has 0 aliphatic heterocycles. The van der Waals surface area contributed by atoms with E-state index in [-0.39, 0.29) is 28.6 Å². The number of benzene rings is 2. The highest BCUT2D eigenvalue weighted by atomic mass is 35.5. The molecule has 0 saturated heterocycles. The Morgan fingerprint density at radius 3 is 2.27 bits per heavy atom. The third kappa shape index (κ3) is 6.37. The summed E-state index contributed by atoms with van der Waals surface area (Å²) in [7, 11) is -4.20. The number of halogens is 1. The van der Waals surface area contributed by atoms with E-state index in [1.165, 1.54) is 18.2 Å². The van der Waals surface area contributed by atoms with Crippen LogP contribution in [0, 0.1) is 0 Å². The highest BCUT2D eigenvalue weighted by Gasteiger charge is 2.19. The molecule has 11 heteroatoms. The number of hydrogen-bond acceptors (Lipinski definition) is 7. The fraction of sp³-hybridized carbons (Fsp3) is 0.0909. The van der Waals surface area contributed by atoms with Crippen molar-refractivity contribution < 1.29 is 27.9 Å². The number of carboxylic acids is 1. The minimum absolute atomic E-state index is 0.135. The molecule has 2 N–H and O–H groups in total.